The van der Waals surface area contributed by atoms with E-state index < -0.39 is 30.3 Å². The van der Waals surface area contributed by atoms with Crippen LogP contribution >= 0.6 is 0 Å². The summed E-state index contributed by atoms with van der Waals surface area (Å²) in [5.74, 6) is -1.10. The maximum absolute atomic E-state index is 11.2. The summed E-state index contributed by atoms with van der Waals surface area (Å²) in [5.41, 5.74) is -0.534. The maximum Gasteiger partial charge on any atom is 0.407 e. The Balaban J connectivity index is 3.62. The van der Waals surface area contributed by atoms with Gasteiger partial charge in [0.25, 0.3) is 0 Å². The fourth-order valence-electron chi connectivity index (χ4n) is 1.10. The van der Waals surface area contributed by atoms with Crippen molar-refractivity contribution in [1.29, 1.82) is 0 Å². The Bertz CT molecular complexity index is 275. The molecular weight excluding hydrogens is 240 g/mol. The smallest absolute Gasteiger partial charge is 0.407 e. The molecule has 0 aliphatic heterocycles. The number of ether oxygens (including phenoxy) is 1. The highest BCUT2D eigenvalue weighted by Gasteiger charge is 2.16. The number of carboxylic acid groups (broad SMARTS) is 1. The van der Waals surface area contributed by atoms with E-state index in [2.05, 4.69) is 10.6 Å². The number of carbonyl (C=O) groups is 2. The molecule has 1 amide bonds. The van der Waals surface area contributed by atoms with Gasteiger partial charge in [0.15, 0.2) is 0 Å². The normalized spacial score (nSPS) is 12.9. The van der Waals surface area contributed by atoms with Crippen LogP contribution in [-0.2, 0) is 9.53 Å². The van der Waals surface area contributed by atoms with Crippen molar-refractivity contribution in [2.24, 2.45) is 0 Å². The zero-order chi connectivity index (χ0) is 14.2. The molecule has 0 radical (unpaired) electrons. The monoisotopic (exact) mass is 262 g/mol. The number of aliphatic hydroxyl groups excluding tert-OH is 1. The molecule has 1 atom stereocenters. The molecule has 0 aromatic rings. The molecule has 0 aliphatic rings. The van der Waals surface area contributed by atoms with Gasteiger partial charge in [0.2, 0.25) is 0 Å². The second-order valence-electron chi connectivity index (χ2n) is 4.81. The van der Waals surface area contributed by atoms with Gasteiger partial charge in [0.1, 0.15) is 11.6 Å². The first-order valence-electron chi connectivity index (χ1n) is 5.80. The number of alkyl carbamates (subject to hydrolysis) is 1. The molecule has 0 rings (SSSR count). The maximum atomic E-state index is 11.2. The van der Waals surface area contributed by atoms with E-state index in [0.717, 1.165) is 0 Å². The van der Waals surface area contributed by atoms with Gasteiger partial charge in [-0.25, -0.2) is 4.79 Å². The Labute approximate surface area is 107 Å². The predicted molar refractivity (Wildman–Crippen MR) is 65.4 cm³/mol. The van der Waals surface area contributed by atoms with Crippen LogP contribution in [0.25, 0.3) is 0 Å². The first-order chi connectivity index (χ1) is 8.26. The summed E-state index contributed by atoms with van der Waals surface area (Å²) in [6.07, 6.45) is 0.0441. The van der Waals surface area contributed by atoms with Crippen LogP contribution in [0.15, 0.2) is 0 Å². The summed E-state index contributed by atoms with van der Waals surface area (Å²) in [4.78, 5) is 21.8. The number of aliphatic hydroxyl groups is 1. The lowest BCUT2D eigenvalue weighted by Crippen LogP contribution is -2.41. The SMILES string of the molecule is CC(C)(C)OC(=O)NCCCNC(CO)C(=O)O. The number of hydrogen-bond acceptors (Lipinski definition) is 5. The molecule has 0 aromatic heterocycles. The molecule has 0 saturated heterocycles. The molecule has 106 valence electrons. The van der Waals surface area contributed by atoms with E-state index in [4.69, 9.17) is 14.9 Å². The van der Waals surface area contributed by atoms with E-state index in [0.29, 0.717) is 19.5 Å². The zero-order valence-corrected chi connectivity index (χ0v) is 11.0. The standard InChI is InChI=1S/C11H22N2O5/c1-11(2,3)18-10(17)13-6-4-5-12-8(7-14)9(15)16/h8,12,14H,4-7H2,1-3H3,(H,13,17)(H,15,16). The minimum Gasteiger partial charge on any atom is -0.480 e. The first kappa shape index (κ1) is 16.7. The lowest BCUT2D eigenvalue weighted by atomic mass is 10.2. The number of carbonyl (C=O) groups excluding carboxylic acids is 1. The van der Waals surface area contributed by atoms with E-state index in [-0.39, 0.29) is 0 Å². The van der Waals surface area contributed by atoms with Crippen LogP contribution in [0.4, 0.5) is 4.79 Å². The van der Waals surface area contributed by atoms with Crippen LogP contribution in [0.2, 0.25) is 0 Å². The lowest BCUT2D eigenvalue weighted by molar-refractivity contribution is -0.140. The fourth-order valence-corrected chi connectivity index (χ4v) is 1.10. The van der Waals surface area contributed by atoms with Gasteiger partial charge < -0.3 is 25.6 Å². The molecule has 1 unspecified atom stereocenters. The van der Waals surface area contributed by atoms with Crippen LogP contribution in [-0.4, -0.2) is 53.6 Å². The third-order valence-electron chi connectivity index (χ3n) is 1.89. The number of aliphatic carboxylic acids is 1. The number of nitrogens with one attached hydrogen (secondary N) is 2. The molecule has 0 aliphatic carbocycles. The van der Waals surface area contributed by atoms with Gasteiger partial charge in [-0.15, -0.1) is 0 Å². The second kappa shape index (κ2) is 7.88. The van der Waals surface area contributed by atoms with E-state index in [1.807, 2.05) is 0 Å². The summed E-state index contributed by atoms with van der Waals surface area (Å²) < 4.78 is 5.02. The summed E-state index contributed by atoms with van der Waals surface area (Å²) in [7, 11) is 0. The largest absolute Gasteiger partial charge is 0.480 e. The van der Waals surface area contributed by atoms with Gasteiger partial charge in [-0.05, 0) is 33.7 Å². The van der Waals surface area contributed by atoms with Crippen LogP contribution in [0.5, 0.6) is 0 Å². The molecule has 0 heterocycles. The van der Waals surface area contributed by atoms with Crippen molar-refractivity contribution in [2.45, 2.75) is 38.8 Å². The highest BCUT2D eigenvalue weighted by Crippen LogP contribution is 2.06. The minimum absolute atomic E-state index is 0.375. The second-order valence-corrected chi connectivity index (χ2v) is 4.81. The van der Waals surface area contributed by atoms with Crippen LogP contribution in [0.1, 0.15) is 27.2 Å². The van der Waals surface area contributed by atoms with Crippen LogP contribution in [0, 0.1) is 0 Å². The van der Waals surface area contributed by atoms with Crippen molar-refractivity contribution < 1.29 is 24.5 Å². The number of amides is 1. The van der Waals surface area contributed by atoms with Crippen molar-refractivity contribution >= 4 is 12.1 Å². The molecule has 0 fully saturated rings. The molecular formula is C11H22N2O5. The molecule has 0 spiro atoms. The average molecular weight is 262 g/mol. The molecule has 7 heteroatoms. The van der Waals surface area contributed by atoms with Gasteiger partial charge in [-0.1, -0.05) is 0 Å². The third-order valence-corrected chi connectivity index (χ3v) is 1.89. The quantitative estimate of drug-likeness (QED) is 0.479. The topological polar surface area (TPSA) is 108 Å². The van der Waals surface area contributed by atoms with Gasteiger partial charge in [0, 0.05) is 6.54 Å². The van der Waals surface area contributed by atoms with E-state index in [1.165, 1.54) is 0 Å². The van der Waals surface area contributed by atoms with E-state index in [1.54, 1.807) is 20.8 Å². The third kappa shape index (κ3) is 8.77. The molecule has 7 nitrogen and oxygen atoms in total. The minimum atomic E-state index is -1.10. The van der Waals surface area contributed by atoms with Crippen LogP contribution < -0.4 is 10.6 Å². The Kier molecular flexibility index (Phi) is 7.30. The first-order valence-corrected chi connectivity index (χ1v) is 5.80. The molecule has 4 N–H and O–H groups in total. The van der Waals surface area contributed by atoms with Crippen LogP contribution in [0.3, 0.4) is 0 Å². The Morgan fingerprint density at radius 1 is 1.28 bits per heavy atom. The van der Waals surface area contributed by atoms with Gasteiger partial charge in [-0.3, -0.25) is 4.79 Å². The van der Waals surface area contributed by atoms with Gasteiger partial charge >= 0.3 is 12.1 Å². The Morgan fingerprint density at radius 2 is 1.89 bits per heavy atom. The summed E-state index contributed by atoms with van der Waals surface area (Å²) in [6, 6.07) is -0.966. The van der Waals surface area contributed by atoms with Gasteiger partial charge in [-0.2, -0.15) is 0 Å². The lowest BCUT2D eigenvalue weighted by Gasteiger charge is -2.19. The fraction of sp³-hybridized carbons (Fsp3) is 0.818. The molecule has 0 saturated carbocycles. The van der Waals surface area contributed by atoms with Crippen molar-refractivity contribution in [3.8, 4) is 0 Å². The predicted octanol–water partition coefficient (Wildman–Crippen LogP) is -0.0637. The average Bonchev–Trinajstić information content (AvgIpc) is 2.20. The van der Waals surface area contributed by atoms with Crippen molar-refractivity contribution in [3.63, 3.8) is 0 Å². The molecule has 18 heavy (non-hydrogen) atoms. The highest BCUT2D eigenvalue weighted by atomic mass is 16.6. The van der Waals surface area contributed by atoms with Gasteiger partial charge in [0.05, 0.1) is 6.61 Å². The molecule has 0 aromatic carbocycles. The van der Waals surface area contributed by atoms with Crippen molar-refractivity contribution in [3.05, 3.63) is 0 Å². The summed E-state index contributed by atoms with van der Waals surface area (Å²) >= 11 is 0. The Hall–Kier alpha value is -1.34. The van der Waals surface area contributed by atoms with Crippen molar-refractivity contribution in [1.82, 2.24) is 10.6 Å². The van der Waals surface area contributed by atoms with E-state index >= 15 is 0 Å². The highest BCUT2D eigenvalue weighted by molar-refractivity contribution is 5.73. The number of rotatable bonds is 7. The molecule has 0 bridgehead atoms. The van der Waals surface area contributed by atoms with Crippen molar-refractivity contribution in [2.75, 3.05) is 19.7 Å². The zero-order valence-electron chi connectivity index (χ0n) is 11.0. The Morgan fingerprint density at radius 3 is 2.33 bits per heavy atom. The number of hydrogen-bond donors (Lipinski definition) is 4. The van der Waals surface area contributed by atoms with E-state index in [9.17, 15) is 9.59 Å². The summed E-state index contributed by atoms with van der Waals surface area (Å²) in [6.45, 7) is 5.61. The summed E-state index contributed by atoms with van der Waals surface area (Å²) in [5, 5.41) is 22.6. The number of carboxylic acids is 1.